The summed E-state index contributed by atoms with van der Waals surface area (Å²) in [7, 11) is 0. The second-order valence-electron chi connectivity index (χ2n) is 4.39. The molecular formula is C14H10ClN3O2S. The molecule has 0 aliphatic carbocycles. The first-order valence-electron chi connectivity index (χ1n) is 6.13. The first-order valence-corrected chi connectivity index (χ1v) is 7.39. The molecule has 3 rings (SSSR count). The number of benzene rings is 1. The molecule has 0 unspecified atom stereocenters. The van der Waals surface area contributed by atoms with Crippen LogP contribution in [0.2, 0.25) is 5.02 Å². The number of rotatable bonds is 4. The average molecular weight is 320 g/mol. The highest BCUT2D eigenvalue weighted by Gasteiger charge is 2.12. The van der Waals surface area contributed by atoms with Crippen LogP contribution in [0.1, 0.15) is 5.56 Å². The van der Waals surface area contributed by atoms with E-state index in [2.05, 4.69) is 4.98 Å². The van der Waals surface area contributed by atoms with Crippen LogP contribution >= 0.6 is 22.9 Å². The fourth-order valence-electron chi connectivity index (χ4n) is 2.03. The third kappa shape index (κ3) is 2.81. The number of halogens is 1. The summed E-state index contributed by atoms with van der Waals surface area (Å²) in [5.41, 5.74) is 0.811. The summed E-state index contributed by atoms with van der Waals surface area (Å²) in [5, 5.41) is 13.1. The van der Waals surface area contributed by atoms with Crippen molar-refractivity contribution in [1.82, 2.24) is 9.55 Å². The first kappa shape index (κ1) is 13.8. The van der Waals surface area contributed by atoms with Gasteiger partial charge in [-0.25, -0.2) is 4.98 Å². The first-order chi connectivity index (χ1) is 10.1. The number of hydrogen-bond donors (Lipinski definition) is 0. The van der Waals surface area contributed by atoms with Gasteiger partial charge in [0.2, 0.25) is 0 Å². The zero-order chi connectivity index (χ0) is 14.8. The summed E-state index contributed by atoms with van der Waals surface area (Å²) in [4.78, 5) is 15.7. The van der Waals surface area contributed by atoms with Gasteiger partial charge in [0.05, 0.1) is 21.4 Å². The molecule has 0 bridgehead atoms. The third-order valence-corrected chi connectivity index (χ3v) is 4.26. The number of non-ortho nitro benzene ring substituents is 1. The highest BCUT2D eigenvalue weighted by Crippen LogP contribution is 2.27. The number of nitro groups is 1. The molecule has 2 heterocycles. The fraction of sp³-hybridized carbons (Fsp3) is 0.0714. The molecule has 0 fully saturated rings. The molecule has 106 valence electrons. The van der Waals surface area contributed by atoms with Crippen molar-refractivity contribution in [2.75, 3.05) is 0 Å². The van der Waals surface area contributed by atoms with Crippen molar-refractivity contribution in [3.63, 3.8) is 0 Å². The third-order valence-electron chi connectivity index (χ3n) is 3.05. The lowest BCUT2D eigenvalue weighted by Crippen LogP contribution is -2.01. The maximum atomic E-state index is 10.7. The van der Waals surface area contributed by atoms with Gasteiger partial charge in [-0.05, 0) is 23.1 Å². The lowest BCUT2D eigenvalue weighted by molar-refractivity contribution is -0.384. The van der Waals surface area contributed by atoms with Crippen LogP contribution in [-0.4, -0.2) is 14.5 Å². The number of aromatic nitrogens is 2. The van der Waals surface area contributed by atoms with Gasteiger partial charge in [-0.2, -0.15) is 0 Å². The molecule has 0 radical (unpaired) electrons. The molecule has 0 aliphatic heterocycles. The molecule has 7 heteroatoms. The summed E-state index contributed by atoms with van der Waals surface area (Å²) in [6.07, 6.45) is 3.60. The number of imidazole rings is 1. The van der Waals surface area contributed by atoms with E-state index in [1.54, 1.807) is 23.6 Å². The summed E-state index contributed by atoms with van der Waals surface area (Å²) >= 11 is 7.74. The Hall–Kier alpha value is -2.18. The van der Waals surface area contributed by atoms with Gasteiger partial charge in [0, 0.05) is 24.5 Å². The quantitative estimate of drug-likeness (QED) is 0.534. The summed E-state index contributed by atoms with van der Waals surface area (Å²) in [6, 6.07) is 8.49. The predicted molar refractivity (Wildman–Crippen MR) is 82.7 cm³/mol. The molecule has 0 saturated carbocycles. The minimum Gasteiger partial charge on any atom is -0.326 e. The zero-order valence-electron chi connectivity index (χ0n) is 10.8. The largest absolute Gasteiger partial charge is 0.326 e. The normalized spacial score (nSPS) is 10.7. The number of thiophene rings is 1. The van der Waals surface area contributed by atoms with E-state index in [0.29, 0.717) is 11.6 Å². The van der Waals surface area contributed by atoms with Gasteiger partial charge in [0.15, 0.2) is 0 Å². The maximum absolute atomic E-state index is 10.7. The van der Waals surface area contributed by atoms with E-state index in [0.717, 1.165) is 16.3 Å². The molecule has 3 aromatic rings. The molecule has 0 saturated heterocycles. The Bertz CT molecular complexity index is 783. The van der Waals surface area contributed by atoms with Crippen molar-refractivity contribution in [3.05, 3.63) is 68.8 Å². The molecule has 0 aliphatic rings. The van der Waals surface area contributed by atoms with Crippen LogP contribution in [0.4, 0.5) is 5.69 Å². The van der Waals surface area contributed by atoms with Gasteiger partial charge in [-0.3, -0.25) is 10.1 Å². The van der Waals surface area contributed by atoms with Crippen LogP contribution in [0.25, 0.3) is 10.7 Å². The lowest BCUT2D eigenvalue weighted by Gasteiger charge is -2.08. The van der Waals surface area contributed by atoms with Crippen molar-refractivity contribution >= 4 is 28.6 Å². The van der Waals surface area contributed by atoms with Crippen LogP contribution in [-0.2, 0) is 6.54 Å². The smallest absolute Gasteiger partial charge is 0.270 e. The molecule has 21 heavy (non-hydrogen) atoms. The molecule has 5 nitrogen and oxygen atoms in total. The Morgan fingerprint density at radius 1 is 1.38 bits per heavy atom. The molecule has 0 amide bonds. The van der Waals surface area contributed by atoms with E-state index in [1.165, 1.54) is 12.1 Å². The molecule has 0 atom stereocenters. The Balaban J connectivity index is 1.91. The van der Waals surface area contributed by atoms with Crippen molar-refractivity contribution in [2.24, 2.45) is 0 Å². The summed E-state index contributed by atoms with van der Waals surface area (Å²) < 4.78 is 1.97. The van der Waals surface area contributed by atoms with E-state index < -0.39 is 4.92 Å². The van der Waals surface area contributed by atoms with Crippen LogP contribution in [0.15, 0.2) is 48.1 Å². The minimum atomic E-state index is -0.454. The van der Waals surface area contributed by atoms with E-state index in [4.69, 9.17) is 11.6 Å². The Labute approximate surface area is 129 Å². The number of nitro benzene ring substituents is 1. The van der Waals surface area contributed by atoms with Crippen LogP contribution < -0.4 is 0 Å². The van der Waals surface area contributed by atoms with Crippen molar-refractivity contribution < 1.29 is 4.92 Å². The van der Waals surface area contributed by atoms with Crippen LogP contribution in [0, 0.1) is 10.1 Å². The second-order valence-corrected chi connectivity index (χ2v) is 5.74. The van der Waals surface area contributed by atoms with Crippen molar-refractivity contribution in [1.29, 1.82) is 0 Å². The SMILES string of the molecule is O=[N+]([O-])c1ccc(Cn2ccnc2-c2cccs2)c(Cl)c1. The van der Waals surface area contributed by atoms with Gasteiger partial charge >= 0.3 is 0 Å². The van der Waals surface area contributed by atoms with Gasteiger partial charge in [-0.1, -0.05) is 17.7 Å². The zero-order valence-corrected chi connectivity index (χ0v) is 12.3. The standard InChI is InChI=1S/C14H10ClN3O2S/c15-12-8-11(18(19)20)4-3-10(12)9-17-6-5-16-14(17)13-2-1-7-21-13/h1-8H,9H2. The van der Waals surface area contributed by atoms with Crippen molar-refractivity contribution in [2.45, 2.75) is 6.54 Å². The molecule has 2 aromatic heterocycles. The van der Waals surface area contributed by atoms with Crippen LogP contribution in [0.3, 0.4) is 0 Å². The predicted octanol–water partition coefficient (Wildman–Crippen LogP) is 4.22. The van der Waals surface area contributed by atoms with E-state index in [1.807, 2.05) is 28.3 Å². The maximum Gasteiger partial charge on any atom is 0.270 e. The highest BCUT2D eigenvalue weighted by molar-refractivity contribution is 7.13. The second kappa shape index (κ2) is 5.67. The molecule has 0 spiro atoms. The van der Waals surface area contributed by atoms with Gasteiger partial charge in [0.1, 0.15) is 5.82 Å². The van der Waals surface area contributed by atoms with Gasteiger partial charge < -0.3 is 4.57 Å². The van der Waals surface area contributed by atoms with Crippen molar-refractivity contribution in [3.8, 4) is 10.7 Å². The topological polar surface area (TPSA) is 61.0 Å². The van der Waals surface area contributed by atoms with E-state index in [-0.39, 0.29) is 5.69 Å². The molecular weight excluding hydrogens is 310 g/mol. The average Bonchev–Trinajstić information content (AvgIpc) is 3.11. The Morgan fingerprint density at radius 2 is 2.24 bits per heavy atom. The number of hydrogen-bond acceptors (Lipinski definition) is 4. The van der Waals surface area contributed by atoms with Crippen LogP contribution in [0.5, 0.6) is 0 Å². The Morgan fingerprint density at radius 3 is 2.90 bits per heavy atom. The molecule has 0 N–H and O–H groups in total. The van der Waals surface area contributed by atoms with Gasteiger partial charge in [-0.15, -0.1) is 11.3 Å². The molecule has 1 aromatic carbocycles. The minimum absolute atomic E-state index is 0.00661. The highest BCUT2D eigenvalue weighted by atomic mass is 35.5. The Kier molecular flexibility index (Phi) is 3.72. The monoisotopic (exact) mass is 319 g/mol. The van der Waals surface area contributed by atoms with E-state index in [9.17, 15) is 10.1 Å². The summed E-state index contributed by atoms with van der Waals surface area (Å²) in [6.45, 7) is 0.518. The van der Waals surface area contributed by atoms with E-state index >= 15 is 0 Å². The fourth-order valence-corrected chi connectivity index (χ4v) is 3.00. The lowest BCUT2D eigenvalue weighted by atomic mass is 10.2. The number of nitrogens with zero attached hydrogens (tertiary/aromatic N) is 3. The van der Waals surface area contributed by atoms with Gasteiger partial charge in [0.25, 0.3) is 5.69 Å². The summed E-state index contributed by atoms with van der Waals surface area (Å²) in [5.74, 6) is 0.861.